The zero-order valence-corrected chi connectivity index (χ0v) is 13.9. The molecule has 0 atom stereocenters. The maximum absolute atomic E-state index is 12.4. The van der Waals surface area contributed by atoms with Gasteiger partial charge in [-0.1, -0.05) is 23.7 Å². The van der Waals surface area contributed by atoms with Crippen LogP contribution in [0.2, 0.25) is 5.02 Å². The number of hydrogen-bond donors (Lipinski definition) is 1. The van der Waals surface area contributed by atoms with Gasteiger partial charge in [-0.15, -0.1) is 0 Å². The Morgan fingerprint density at radius 3 is 2.76 bits per heavy atom. The van der Waals surface area contributed by atoms with Crippen LogP contribution >= 0.6 is 23.8 Å². The molecule has 10 heteroatoms. The van der Waals surface area contributed by atoms with Crippen LogP contribution in [0.25, 0.3) is 10.9 Å². The van der Waals surface area contributed by atoms with Gasteiger partial charge in [0.1, 0.15) is 0 Å². The number of H-pyrrole nitrogens is 1. The maximum Gasteiger partial charge on any atom is 0.282 e. The third kappa shape index (κ3) is 3.14. The van der Waals surface area contributed by atoms with E-state index in [2.05, 4.69) is 10.1 Å². The van der Waals surface area contributed by atoms with Crippen LogP contribution in [0, 0.1) is 14.9 Å². The largest absolute Gasteiger partial charge is 0.867 e. The average molecular weight is 376 g/mol. The van der Waals surface area contributed by atoms with E-state index < -0.39 is 21.9 Å². The van der Waals surface area contributed by atoms with Crippen LogP contribution in [0.15, 0.2) is 46.3 Å². The number of nitro benzene ring substituents is 1. The van der Waals surface area contributed by atoms with E-state index >= 15 is 0 Å². The first-order valence-corrected chi connectivity index (χ1v) is 7.60. The second-order valence-corrected chi connectivity index (χ2v) is 5.76. The molecule has 25 heavy (non-hydrogen) atoms. The molecule has 0 saturated carbocycles. The maximum atomic E-state index is 12.4. The molecule has 0 fully saturated rings. The minimum absolute atomic E-state index is 0.00349. The summed E-state index contributed by atoms with van der Waals surface area (Å²) in [7, 11) is 0. The lowest BCUT2D eigenvalue weighted by Crippen LogP contribution is -2.18. The number of rotatable bonds is 3. The van der Waals surface area contributed by atoms with Gasteiger partial charge >= 0.3 is 0 Å². The Morgan fingerprint density at radius 1 is 1.32 bits per heavy atom. The van der Waals surface area contributed by atoms with Gasteiger partial charge in [-0.2, -0.15) is 9.78 Å². The number of halogens is 1. The lowest BCUT2D eigenvalue weighted by molar-refractivity contribution is -0.398. The van der Waals surface area contributed by atoms with Crippen molar-refractivity contribution in [3.63, 3.8) is 0 Å². The van der Waals surface area contributed by atoms with Crippen LogP contribution in [0.4, 0.5) is 5.69 Å². The Bertz CT molecular complexity index is 1150. The summed E-state index contributed by atoms with van der Waals surface area (Å²) in [5.74, 6) is -0.859. The molecule has 0 saturated heterocycles. The highest BCUT2D eigenvalue weighted by Gasteiger charge is 2.11. The highest BCUT2D eigenvalue weighted by Crippen LogP contribution is 2.29. The summed E-state index contributed by atoms with van der Waals surface area (Å²) in [6.45, 7) is 0. The van der Waals surface area contributed by atoms with Gasteiger partial charge < -0.3 is 10.1 Å². The highest BCUT2D eigenvalue weighted by atomic mass is 35.5. The van der Waals surface area contributed by atoms with Crippen molar-refractivity contribution in [2.45, 2.75) is 0 Å². The lowest BCUT2D eigenvalue weighted by atomic mass is 10.2. The summed E-state index contributed by atoms with van der Waals surface area (Å²) < 4.78 is 0.910. The van der Waals surface area contributed by atoms with Crippen molar-refractivity contribution in [3.05, 3.63) is 72.2 Å². The minimum Gasteiger partial charge on any atom is -0.867 e. The summed E-state index contributed by atoms with van der Waals surface area (Å²) in [4.78, 5) is 25.3. The van der Waals surface area contributed by atoms with Crippen molar-refractivity contribution in [2.24, 2.45) is 5.10 Å². The van der Waals surface area contributed by atoms with Crippen molar-refractivity contribution in [2.75, 3.05) is 0 Å². The van der Waals surface area contributed by atoms with Crippen LogP contribution in [0.5, 0.6) is 5.75 Å². The van der Waals surface area contributed by atoms with Crippen molar-refractivity contribution in [1.82, 2.24) is 9.66 Å². The van der Waals surface area contributed by atoms with Crippen LogP contribution in [0.3, 0.4) is 0 Å². The van der Waals surface area contributed by atoms with E-state index in [1.54, 1.807) is 24.3 Å². The third-order valence-corrected chi connectivity index (χ3v) is 3.85. The number of para-hydroxylation sites is 1. The second-order valence-electron chi connectivity index (χ2n) is 4.94. The predicted octanol–water partition coefficient (Wildman–Crippen LogP) is 2.58. The van der Waals surface area contributed by atoms with Crippen molar-refractivity contribution in [3.8, 4) is 5.75 Å². The molecule has 3 aromatic rings. The number of nitrogens with zero attached hydrogens (tertiary/aromatic N) is 3. The summed E-state index contributed by atoms with van der Waals surface area (Å²) in [5, 5.41) is 27.2. The topological polar surface area (TPSA) is 116 Å². The van der Waals surface area contributed by atoms with Gasteiger partial charge in [0.05, 0.1) is 22.0 Å². The molecular weight excluding hydrogens is 368 g/mol. The second kappa shape index (κ2) is 6.46. The molecule has 1 N–H and O–H groups in total. The van der Waals surface area contributed by atoms with Crippen LogP contribution < -0.4 is 10.7 Å². The Balaban J connectivity index is 2.16. The Kier molecular flexibility index (Phi) is 4.34. The fraction of sp³-hybridized carbons (Fsp3) is 0. The zero-order valence-electron chi connectivity index (χ0n) is 12.3. The number of benzene rings is 2. The molecule has 0 amide bonds. The minimum atomic E-state index is -0.859. The zero-order chi connectivity index (χ0) is 18.1. The fourth-order valence-electron chi connectivity index (χ4n) is 2.21. The molecule has 0 spiro atoms. The van der Waals surface area contributed by atoms with E-state index in [-0.39, 0.29) is 15.4 Å². The molecule has 0 unspecified atom stereocenters. The van der Waals surface area contributed by atoms with Gasteiger partial charge in [0.25, 0.3) is 11.2 Å². The molecule has 2 aromatic carbocycles. The number of nitrogens with one attached hydrogen (secondary N) is 1. The van der Waals surface area contributed by atoms with E-state index in [0.29, 0.717) is 10.9 Å². The molecule has 0 radical (unpaired) electrons. The third-order valence-electron chi connectivity index (χ3n) is 3.36. The Morgan fingerprint density at radius 2 is 2.04 bits per heavy atom. The van der Waals surface area contributed by atoms with Crippen LogP contribution in [-0.4, -0.2) is 20.8 Å². The van der Waals surface area contributed by atoms with Crippen LogP contribution in [0.1, 0.15) is 5.56 Å². The van der Waals surface area contributed by atoms with Crippen molar-refractivity contribution >= 4 is 46.6 Å². The molecule has 0 aliphatic heterocycles. The molecule has 8 nitrogen and oxygen atoms in total. The molecule has 0 aliphatic rings. The number of aromatic nitrogens is 2. The molecular formula is C15H8ClN4O4S-. The van der Waals surface area contributed by atoms with Gasteiger partial charge in [-0.05, 0) is 41.7 Å². The summed E-state index contributed by atoms with van der Waals surface area (Å²) in [6.07, 6.45) is 1.01. The van der Waals surface area contributed by atoms with Crippen LogP contribution in [-0.2, 0) is 0 Å². The highest BCUT2D eigenvalue weighted by molar-refractivity contribution is 7.71. The number of hydrogen-bond acceptors (Lipinski definition) is 6. The van der Waals surface area contributed by atoms with Crippen molar-refractivity contribution < 1.29 is 10.0 Å². The smallest absolute Gasteiger partial charge is 0.282 e. The van der Waals surface area contributed by atoms with E-state index in [4.69, 9.17) is 23.8 Å². The Labute approximate surface area is 149 Å². The molecule has 1 heterocycles. The summed E-state index contributed by atoms with van der Waals surface area (Å²) in [6, 6.07) is 8.89. The van der Waals surface area contributed by atoms with Gasteiger partial charge in [0, 0.05) is 11.1 Å². The average Bonchev–Trinajstić information content (AvgIpc) is 2.57. The van der Waals surface area contributed by atoms with Gasteiger partial charge in [0.2, 0.25) is 4.77 Å². The monoisotopic (exact) mass is 375 g/mol. The van der Waals surface area contributed by atoms with E-state index in [1.165, 1.54) is 6.07 Å². The van der Waals surface area contributed by atoms with Crippen molar-refractivity contribution in [1.29, 1.82) is 0 Å². The van der Waals surface area contributed by atoms with Gasteiger partial charge in [-0.25, -0.2) is 0 Å². The van der Waals surface area contributed by atoms with E-state index in [9.17, 15) is 20.0 Å². The summed E-state index contributed by atoms with van der Waals surface area (Å²) in [5.41, 5.74) is -0.745. The molecule has 126 valence electrons. The van der Waals surface area contributed by atoms with Gasteiger partial charge in [-0.3, -0.25) is 14.9 Å². The number of nitro groups is 1. The first-order valence-electron chi connectivity index (χ1n) is 6.82. The molecule has 1 aromatic heterocycles. The molecule has 0 aliphatic carbocycles. The number of aromatic amines is 1. The standard InChI is InChI=1S/C15H9ClN4O4S/c16-9-5-8(13(21)12(6-9)20(23)24)7-17-19-14(22)10-3-1-2-4-11(10)18-15(19)25/h1-7,21H,(H,18,25)/p-1/b17-7-. The van der Waals surface area contributed by atoms with Gasteiger partial charge in [0.15, 0.2) is 0 Å². The SMILES string of the molecule is O=c1c2ccccc2[nH]c(=S)n1/N=C\c1cc(Cl)cc([N+](=O)[O-])c1[O-]. The van der Waals surface area contributed by atoms with E-state index in [1.807, 2.05) is 0 Å². The Hall–Kier alpha value is -3.04. The normalized spacial score (nSPS) is 11.2. The molecule has 3 rings (SSSR count). The first-order chi connectivity index (χ1) is 11.9. The fourth-order valence-corrected chi connectivity index (χ4v) is 2.67. The first kappa shape index (κ1) is 16.8. The number of fused-ring (bicyclic) bond motifs is 1. The quantitative estimate of drug-likeness (QED) is 0.327. The van der Waals surface area contributed by atoms with E-state index in [0.717, 1.165) is 17.0 Å². The lowest BCUT2D eigenvalue weighted by Gasteiger charge is -2.11. The predicted molar refractivity (Wildman–Crippen MR) is 93.9 cm³/mol. The molecule has 0 bridgehead atoms. The summed E-state index contributed by atoms with van der Waals surface area (Å²) >= 11 is 10.9.